The first kappa shape index (κ1) is 24.4. The Morgan fingerprint density at radius 2 is 1.94 bits per heavy atom. The van der Waals surface area contributed by atoms with E-state index in [4.69, 9.17) is 21.4 Å². The van der Waals surface area contributed by atoms with Crippen molar-refractivity contribution in [1.82, 2.24) is 10.3 Å². The molecule has 2 N–H and O–H groups in total. The van der Waals surface area contributed by atoms with Crippen LogP contribution in [0.4, 0.5) is 5.69 Å². The fourth-order valence-corrected chi connectivity index (χ4v) is 4.00. The van der Waals surface area contributed by atoms with Crippen molar-refractivity contribution in [2.75, 3.05) is 11.9 Å². The number of rotatable bonds is 7. The maximum Gasteiger partial charge on any atom is 0.264 e. The van der Waals surface area contributed by atoms with Gasteiger partial charge in [-0.1, -0.05) is 43.7 Å². The number of aromatic nitrogens is 1. The number of thiocarbonyl (C=S) groups is 1. The third kappa shape index (κ3) is 6.05. The summed E-state index contributed by atoms with van der Waals surface area (Å²) in [5.74, 6) is 1.33. The highest BCUT2D eigenvalue weighted by Gasteiger charge is 2.12. The number of benzene rings is 3. The maximum absolute atomic E-state index is 12.3. The Labute approximate surface area is 210 Å². The van der Waals surface area contributed by atoms with Crippen LogP contribution in [0.25, 0.3) is 22.6 Å². The number of nitrogens with one attached hydrogen (secondary N) is 2. The summed E-state index contributed by atoms with van der Waals surface area (Å²) < 4.78 is 11.6. The summed E-state index contributed by atoms with van der Waals surface area (Å²) in [4.78, 5) is 17.0. The molecule has 0 bridgehead atoms. The summed E-state index contributed by atoms with van der Waals surface area (Å²) in [5.41, 5.74) is 6.47. The van der Waals surface area contributed by atoms with Gasteiger partial charge in [0.05, 0.1) is 0 Å². The number of nitrogens with zero attached hydrogens (tertiary/aromatic N) is 1. The predicted molar refractivity (Wildman–Crippen MR) is 144 cm³/mol. The van der Waals surface area contributed by atoms with E-state index in [0.29, 0.717) is 23.2 Å². The van der Waals surface area contributed by atoms with Crippen molar-refractivity contribution in [3.63, 3.8) is 0 Å². The van der Waals surface area contributed by atoms with Crippen molar-refractivity contribution in [1.29, 1.82) is 0 Å². The van der Waals surface area contributed by atoms with Gasteiger partial charge in [0.15, 0.2) is 17.3 Å². The van der Waals surface area contributed by atoms with Crippen molar-refractivity contribution in [3.8, 4) is 17.2 Å². The van der Waals surface area contributed by atoms with Crippen LogP contribution in [0.1, 0.15) is 42.9 Å². The number of amides is 1. The average Bonchev–Trinajstić information content (AvgIpc) is 3.26. The first-order chi connectivity index (χ1) is 16.8. The molecule has 180 valence electrons. The van der Waals surface area contributed by atoms with Crippen LogP contribution in [0.3, 0.4) is 0 Å². The van der Waals surface area contributed by atoms with E-state index >= 15 is 0 Å². The van der Waals surface area contributed by atoms with Gasteiger partial charge in [0.25, 0.3) is 5.91 Å². The highest BCUT2D eigenvalue weighted by Crippen LogP contribution is 2.29. The Balaban J connectivity index is 1.38. The Bertz CT molecular complexity index is 1380. The van der Waals surface area contributed by atoms with Crippen molar-refractivity contribution < 1.29 is 13.9 Å². The Morgan fingerprint density at radius 3 is 2.71 bits per heavy atom. The predicted octanol–water partition coefficient (Wildman–Crippen LogP) is 6.52. The standard InChI is InChI=1S/C28H29N3O3S/c1-5-18(3)20-10-12-25-23(15-20)30-27(34-25)21-7-6-8-22(14-21)29-28(35)31-26(32)16-33-24-11-9-17(2)13-19(24)4/h6-15,18H,5,16H2,1-4H3,(H2,29,31,32,35)/t18-/m0/s1. The van der Waals surface area contributed by atoms with E-state index in [2.05, 4.69) is 41.6 Å². The largest absolute Gasteiger partial charge is 0.483 e. The van der Waals surface area contributed by atoms with E-state index in [0.717, 1.165) is 34.2 Å². The SMILES string of the molecule is CC[C@H](C)c1ccc2oc(-c3cccc(NC(=S)NC(=O)COc4ccc(C)cc4C)c3)nc2c1. The summed E-state index contributed by atoms with van der Waals surface area (Å²) in [6.45, 7) is 8.20. The van der Waals surface area contributed by atoms with Crippen LogP contribution in [0.2, 0.25) is 0 Å². The van der Waals surface area contributed by atoms with Crippen LogP contribution in [-0.4, -0.2) is 22.6 Å². The number of hydrogen-bond donors (Lipinski definition) is 2. The van der Waals surface area contributed by atoms with E-state index in [1.54, 1.807) is 0 Å². The molecule has 0 unspecified atom stereocenters. The minimum Gasteiger partial charge on any atom is -0.483 e. The lowest BCUT2D eigenvalue weighted by Gasteiger charge is -2.12. The Hall–Kier alpha value is -3.71. The molecule has 0 aliphatic carbocycles. The Kier molecular flexibility index (Phi) is 7.46. The zero-order valence-corrected chi connectivity index (χ0v) is 21.2. The van der Waals surface area contributed by atoms with E-state index in [1.165, 1.54) is 5.56 Å². The van der Waals surface area contributed by atoms with E-state index in [9.17, 15) is 4.79 Å². The molecule has 1 heterocycles. The molecule has 0 fully saturated rings. The van der Waals surface area contributed by atoms with Gasteiger partial charge in [-0.15, -0.1) is 0 Å². The minimum atomic E-state index is -0.338. The Morgan fingerprint density at radius 1 is 1.11 bits per heavy atom. The minimum absolute atomic E-state index is 0.132. The lowest BCUT2D eigenvalue weighted by molar-refractivity contribution is -0.121. The summed E-state index contributed by atoms with van der Waals surface area (Å²) in [6.07, 6.45) is 1.07. The molecular weight excluding hydrogens is 458 g/mol. The lowest BCUT2D eigenvalue weighted by atomic mass is 9.98. The molecule has 1 amide bonds. The molecule has 3 aromatic carbocycles. The maximum atomic E-state index is 12.3. The second-order valence-corrected chi connectivity index (χ2v) is 9.10. The van der Waals surface area contributed by atoms with Crippen molar-refractivity contribution in [3.05, 3.63) is 77.4 Å². The van der Waals surface area contributed by atoms with Crippen LogP contribution < -0.4 is 15.4 Å². The van der Waals surface area contributed by atoms with E-state index in [-0.39, 0.29) is 17.6 Å². The van der Waals surface area contributed by atoms with Gasteiger partial charge in [0.1, 0.15) is 11.3 Å². The highest BCUT2D eigenvalue weighted by molar-refractivity contribution is 7.80. The normalized spacial score (nSPS) is 11.8. The second kappa shape index (κ2) is 10.7. The van der Waals surface area contributed by atoms with Gasteiger partial charge >= 0.3 is 0 Å². The summed E-state index contributed by atoms with van der Waals surface area (Å²) in [5, 5.41) is 5.88. The molecule has 1 atom stereocenters. The van der Waals surface area contributed by atoms with Crippen LogP contribution in [0.5, 0.6) is 5.75 Å². The molecule has 0 saturated heterocycles. The van der Waals surface area contributed by atoms with Crippen LogP contribution >= 0.6 is 12.2 Å². The number of hydrogen-bond acceptors (Lipinski definition) is 5. The number of carbonyl (C=O) groups is 1. The van der Waals surface area contributed by atoms with Crippen molar-refractivity contribution >= 4 is 40.0 Å². The molecule has 35 heavy (non-hydrogen) atoms. The fraction of sp³-hybridized carbons (Fsp3) is 0.250. The van der Waals surface area contributed by atoms with Crippen molar-refractivity contribution in [2.24, 2.45) is 0 Å². The lowest BCUT2D eigenvalue weighted by Crippen LogP contribution is -2.37. The highest BCUT2D eigenvalue weighted by atomic mass is 32.1. The number of oxazole rings is 1. The summed E-state index contributed by atoms with van der Waals surface area (Å²) >= 11 is 5.31. The van der Waals surface area contributed by atoms with Gasteiger partial charge in [-0.05, 0) is 85.9 Å². The van der Waals surface area contributed by atoms with E-state index in [1.807, 2.05) is 62.4 Å². The van der Waals surface area contributed by atoms with Crippen LogP contribution in [0, 0.1) is 13.8 Å². The monoisotopic (exact) mass is 487 g/mol. The first-order valence-corrected chi connectivity index (χ1v) is 12.0. The first-order valence-electron chi connectivity index (χ1n) is 11.6. The molecule has 0 aliphatic rings. The smallest absolute Gasteiger partial charge is 0.264 e. The van der Waals surface area contributed by atoms with Gasteiger partial charge in [-0.3, -0.25) is 10.1 Å². The molecule has 0 saturated carbocycles. The van der Waals surface area contributed by atoms with Gasteiger partial charge in [0, 0.05) is 11.3 Å². The van der Waals surface area contributed by atoms with Gasteiger partial charge < -0.3 is 14.5 Å². The number of fused-ring (bicyclic) bond motifs is 1. The molecule has 0 aliphatic heterocycles. The van der Waals surface area contributed by atoms with E-state index < -0.39 is 0 Å². The fourth-order valence-electron chi connectivity index (χ4n) is 3.77. The van der Waals surface area contributed by atoms with Gasteiger partial charge in [-0.2, -0.15) is 0 Å². The van der Waals surface area contributed by atoms with Crippen molar-refractivity contribution in [2.45, 2.75) is 40.0 Å². The van der Waals surface area contributed by atoms with Gasteiger partial charge in [-0.25, -0.2) is 4.98 Å². The topological polar surface area (TPSA) is 76.4 Å². The average molecular weight is 488 g/mol. The molecule has 0 spiro atoms. The third-order valence-corrected chi connectivity index (χ3v) is 6.11. The molecule has 4 aromatic rings. The summed E-state index contributed by atoms with van der Waals surface area (Å²) in [7, 11) is 0. The van der Waals surface area contributed by atoms with Crippen LogP contribution in [0.15, 0.2) is 65.1 Å². The second-order valence-electron chi connectivity index (χ2n) is 8.70. The molecule has 4 rings (SSSR count). The number of anilines is 1. The van der Waals surface area contributed by atoms with Crippen LogP contribution in [-0.2, 0) is 4.79 Å². The number of aryl methyl sites for hydroxylation is 2. The number of carbonyl (C=O) groups excluding carboxylic acids is 1. The zero-order chi connectivity index (χ0) is 24.9. The third-order valence-electron chi connectivity index (χ3n) is 5.90. The molecule has 6 nitrogen and oxygen atoms in total. The quantitative estimate of drug-likeness (QED) is 0.289. The molecule has 0 radical (unpaired) electrons. The zero-order valence-electron chi connectivity index (χ0n) is 20.3. The molecule has 7 heteroatoms. The summed E-state index contributed by atoms with van der Waals surface area (Å²) in [6, 6.07) is 19.5. The van der Waals surface area contributed by atoms with Gasteiger partial charge in [0.2, 0.25) is 5.89 Å². The molecular formula is C28H29N3O3S. The molecule has 1 aromatic heterocycles. The number of ether oxygens (including phenoxy) is 1.